The molecule has 7 aromatic rings. The lowest BCUT2D eigenvalue weighted by Gasteiger charge is -2.27. The van der Waals surface area contributed by atoms with E-state index in [1.165, 1.54) is 21.9 Å². The number of carboxylic acids is 3. The Morgan fingerprint density at radius 3 is 1.12 bits per heavy atom. The summed E-state index contributed by atoms with van der Waals surface area (Å²) in [7, 11) is 0. The van der Waals surface area contributed by atoms with Crippen LogP contribution < -0.4 is 35.3 Å². The molecule has 0 bridgehead atoms. The molecule has 2 amide bonds. The number of hydrogen-bond acceptors (Lipinski definition) is 16. The van der Waals surface area contributed by atoms with E-state index in [4.69, 9.17) is 32.5 Å². The van der Waals surface area contributed by atoms with E-state index in [1.807, 2.05) is 53.7 Å². The van der Waals surface area contributed by atoms with Crippen LogP contribution in [0.1, 0.15) is 129 Å². The number of carboxylic acid groups (broad SMARTS) is 3. The summed E-state index contributed by atoms with van der Waals surface area (Å²) in [6, 6.07) is 24.2. The zero-order valence-corrected chi connectivity index (χ0v) is 54.3. The number of unbranched alkanes of at least 4 members (excludes halogenated alkanes) is 2. The summed E-state index contributed by atoms with van der Waals surface area (Å²) in [5.41, 5.74) is 3.39. The van der Waals surface area contributed by atoms with Crippen molar-refractivity contribution in [2.24, 2.45) is 0 Å². The van der Waals surface area contributed by atoms with Gasteiger partial charge in [-0.15, -0.1) is 0 Å². The molecule has 0 saturated heterocycles. The van der Waals surface area contributed by atoms with E-state index in [0.717, 1.165) is 63.2 Å². The van der Waals surface area contributed by atoms with Gasteiger partial charge in [-0.1, -0.05) is 38.8 Å². The molecule has 0 radical (unpaired) electrons. The molecule has 92 heavy (non-hydrogen) atoms. The lowest BCUT2D eigenvalue weighted by atomic mass is 9.90. The molecule has 492 valence electrons. The second-order valence-electron chi connectivity index (χ2n) is 22.6. The van der Waals surface area contributed by atoms with Crippen molar-refractivity contribution in [2.75, 3.05) is 95.3 Å². The summed E-state index contributed by atoms with van der Waals surface area (Å²) >= 11 is 0. The highest BCUT2D eigenvalue weighted by molar-refractivity contribution is 5.98. The molecule has 7 rings (SSSR count). The van der Waals surface area contributed by atoms with Gasteiger partial charge in [0.1, 0.15) is 39.5 Å². The quantitative estimate of drug-likeness (QED) is 0.0241. The van der Waals surface area contributed by atoms with E-state index in [9.17, 15) is 48.9 Å². The number of amides is 2. The highest BCUT2D eigenvalue weighted by Gasteiger charge is 2.30. The van der Waals surface area contributed by atoms with Crippen LogP contribution in [0.15, 0.2) is 103 Å². The Morgan fingerprint density at radius 1 is 0.435 bits per heavy atom. The Labute approximate surface area is 536 Å². The van der Waals surface area contributed by atoms with E-state index in [2.05, 4.69) is 9.80 Å². The Kier molecular flexibility index (Phi) is 25.8. The predicted octanol–water partition coefficient (Wildman–Crippen LogP) is 11.9. The van der Waals surface area contributed by atoms with E-state index >= 15 is 0 Å². The normalized spacial score (nSPS) is 11.2. The van der Waals surface area contributed by atoms with E-state index < -0.39 is 60.8 Å². The van der Waals surface area contributed by atoms with Gasteiger partial charge < -0.3 is 67.4 Å². The summed E-state index contributed by atoms with van der Waals surface area (Å²) in [5.74, 6) is -5.45. The summed E-state index contributed by atoms with van der Waals surface area (Å²) in [6.45, 7) is 19.0. The van der Waals surface area contributed by atoms with Crippen molar-refractivity contribution < 1.29 is 71.8 Å². The second-order valence-corrected chi connectivity index (χ2v) is 22.6. The SMILES string of the molecule is CCCCOCCCN(Cc1cc(C)cc(-c2cc(C)cc(-c3cc(C)cc(CN(CCCOCCCC)C(=O)c4cc5ccc(N(CC)CC)cc5oc4=O)c3OCC(=O)O)c2OCC(=O)O)c1OCC(=O)O)C(=O)c1cc2ccc(N(CC)CC)cc2oc1=O. The van der Waals surface area contributed by atoms with Crippen molar-refractivity contribution in [3.8, 4) is 39.5 Å². The van der Waals surface area contributed by atoms with Crippen molar-refractivity contribution in [3.63, 3.8) is 0 Å². The van der Waals surface area contributed by atoms with E-state index in [-0.39, 0.29) is 90.0 Å². The van der Waals surface area contributed by atoms with Crippen molar-refractivity contribution in [1.29, 1.82) is 0 Å². The number of ether oxygens (including phenoxy) is 5. The summed E-state index contributed by atoms with van der Waals surface area (Å²) in [6.07, 6.45) is 4.18. The molecular formula is C71H86N4O17. The van der Waals surface area contributed by atoms with Crippen LogP contribution in [-0.4, -0.2) is 140 Å². The van der Waals surface area contributed by atoms with Crippen LogP contribution in [0, 0.1) is 20.8 Å². The Balaban J connectivity index is 1.40. The Morgan fingerprint density at radius 2 is 0.772 bits per heavy atom. The molecule has 2 aromatic heterocycles. The fraction of sp³-hybridized carbons (Fsp3) is 0.423. The van der Waals surface area contributed by atoms with Gasteiger partial charge in [0, 0.05) is 146 Å². The van der Waals surface area contributed by atoms with Crippen LogP contribution in [0.25, 0.3) is 44.2 Å². The Bertz CT molecular complexity index is 3630. The molecule has 0 saturated carbocycles. The smallest absolute Gasteiger partial charge is 0.349 e. The summed E-state index contributed by atoms with van der Waals surface area (Å²) < 4.78 is 42.3. The average Bonchev–Trinajstić information content (AvgIpc) is 0.775. The van der Waals surface area contributed by atoms with Crippen molar-refractivity contribution in [2.45, 2.75) is 114 Å². The van der Waals surface area contributed by atoms with Crippen LogP contribution >= 0.6 is 0 Å². The molecule has 5 aromatic carbocycles. The van der Waals surface area contributed by atoms with Crippen LogP contribution in [0.4, 0.5) is 11.4 Å². The summed E-state index contributed by atoms with van der Waals surface area (Å²) in [5, 5.41) is 31.7. The molecule has 21 nitrogen and oxygen atoms in total. The molecule has 21 heteroatoms. The van der Waals surface area contributed by atoms with Gasteiger partial charge in [0.2, 0.25) is 0 Å². The fourth-order valence-corrected chi connectivity index (χ4v) is 11.1. The largest absolute Gasteiger partial charge is 0.481 e. The number of aryl methyl sites for hydroxylation is 3. The number of aliphatic carboxylic acids is 3. The standard InChI is InChI=1S/C71H86N4O17/c1-10-16-26-86-28-18-24-74(68(82)58-36-48-20-22-52(72(12-3)13-4)38-60(48)91-70(58)84)40-50-30-45(7)32-54(65(50)88-42-62(76)77)56-34-47(9)35-57(67(56)90-44-64(80)81)55-33-46(8)31-51(66(55)89-43-63(78)79)41-75(25-19-29-87-27-17-11-2)69(83)59-37-49-21-23-53(73(14-5)15-6)39-61(49)92-71(59)85/h20-23,30-39H,10-19,24-29,40-44H2,1-9H3,(H,76,77)(H,78,79)(H,80,81). The topological polar surface area (TPSA) is 266 Å². The zero-order chi connectivity index (χ0) is 66.6. The average molecular weight is 1270 g/mol. The molecule has 0 fully saturated rings. The van der Waals surface area contributed by atoms with Crippen LogP contribution in [-0.2, 0) is 36.9 Å². The maximum absolute atomic E-state index is 15.0. The summed E-state index contributed by atoms with van der Waals surface area (Å²) in [4.78, 5) is 103. The molecule has 0 aliphatic carbocycles. The highest BCUT2D eigenvalue weighted by Crippen LogP contribution is 2.48. The van der Waals surface area contributed by atoms with E-state index in [1.54, 1.807) is 81.4 Å². The van der Waals surface area contributed by atoms with Gasteiger partial charge in [-0.2, -0.15) is 0 Å². The van der Waals surface area contributed by atoms with Crippen LogP contribution in [0.2, 0.25) is 0 Å². The second kappa shape index (κ2) is 33.7. The number of anilines is 2. The van der Waals surface area contributed by atoms with Gasteiger partial charge in [-0.3, -0.25) is 9.59 Å². The lowest BCUT2D eigenvalue weighted by molar-refractivity contribution is -0.140. The van der Waals surface area contributed by atoms with Gasteiger partial charge in [-0.25, -0.2) is 24.0 Å². The number of nitrogens with zero attached hydrogens (tertiary/aromatic N) is 4. The minimum absolute atomic E-state index is 0.0104. The van der Waals surface area contributed by atoms with Gasteiger partial charge in [0.05, 0.1) is 0 Å². The lowest BCUT2D eigenvalue weighted by Crippen LogP contribution is -2.35. The van der Waals surface area contributed by atoms with Crippen molar-refractivity contribution in [3.05, 3.63) is 145 Å². The first-order chi connectivity index (χ1) is 44.2. The van der Waals surface area contributed by atoms with E-state index in [0.29, 0.717) is 75.8 Å². The van der Waals surface area contributed by atoms with Gasteiger partial charge in [0.15, 0.2) is 19.8 Å². The van der Waals surface area contributed by atoms with Crippen molar-refractivity contribution in [1.82, 2.24) is 9.80 Å². The third-order valence-electron chi connectivity index (χ3n) is 15.6. The number of carbonyl (C=O) groups excluding carboxylic acids is 2. The molecule has 0 aliphatic heterocycles. The number of hydrogen-bond donors (Lipinski definition) is 3. The predicted molar refractivity (Wildman–Crippen MR) is 353 cm³/mol. The minimum Gasteiger partial charge on any atom is -0.481 e. The molecule has 0 aliphatic rings. The Hall–Kier alpha value is -9.21. The van der Waals surface area contributed by atoms with Gasteiger partial charge in [0.25, 0.3) is 11.8 Å². The van der Waals surface area contributed by atoms with Crippen LogP contribution in [0.3, 0.4) is 0 Å². The first-order valence-corrected chi connectivity index (χ1v) is 31.6. The maximum atomic E-state index is 15.0. The van der Waals surface area contributed by atoms with Crippen LogP contribution in [0.5, 0.6) is 17.2 Å². The molecule has 0 atom stereocenters. The number of benzene rings is 5. The maximum Gasteiger partial charge on any atom is 0.349 e. The number of rotatable bonds is 37. The molecule has 2 heterocycles. The molecule has 0 unspecified atom stereocenters. The van der Waals surface area contributed by atoms with Crippen molar-refractivity contribution >= 4 is 63.0 Å². The zero-order valence-electron chi connectivity index (χ0n) is 54.3. The first-order valence-electron chi connectivity index (χ1n) is 31.6. The van der Waals surface area contributed by atoms with Gasteiger partial charge in [-0.05, 0) is 152 Å². The fourth-order valence-electron chi connectivity index (χ4n) is 11.1. The highest BCUT2D eigenvalue weighted by atomic mass is 16.5. The number of carbonyl (C=O) groups is 5. The molecule has 3 N–H and O–H groups in total. The third kappa shape index (κ3) is 18.3. The third-order valence-corrected chi connectivity index (χ3v) is 15.6. The van der Waals surface area contributed by atoms with Gasteiger partial charge >= 0.3 is 29.2 Å². The molecular weight excluding hydrogens is 1180 g/mol. The monoisotopic (exact) mass is 1270 g/mol. The number of fused-ring (bicyclic) bond motifs is 2. The minimum atomic E-state index is -1.35. The first kappa shape index (κ1) is 70.3. The molecule has 0 spiro atoms.